The predicted octanol–water partition coefficient (Wildman–Crippen LogP) is 3.95. The molecule has 0 bridgehead atoms. The van der Waals surface area contributed by atoms with Crippen LogP contribution in [0.2, 0.25) is 5.02 Å². The van der Waals surface area contributed by atoms with Gasteiger partial charge in [0.25, 0.3) is 0 Å². The summed E-state index contributed by atoms with van der Waals surface area (Å²) >= 11 is 7.07. The van der Waals surface area contributed by atoms with Crippen molar-refractivity contribution in [2.75, 3.05) is 0 Å². The van der Waals surface area contributed by atoms with Gasteiger partial charge in [-0.05, 0) is 29.8 Å². The molecular formula is C18H15ClN2O3S. The monoisotopic (exact) mass is 374 g/mol. The molecule has 0 aliphatic carbocycles. The number of benzene rings is 2. The van der Waals surface area contributed by atoms with Crippen molar-refractivity contribution in [3.8, 4) is 0 Å². The van der Waals surface area contributed by atoms with Gasteiger partial charge in [-0.15, -0.1) is 0 Å². The smallest absolute Gasteiger partial charge is 0.305 e. The Morgan fingerprint density at radius 1 is 1.16 bits per heavy atom. The fraction of sp³-hybridized carbons (Fsp3) is 0.167. The molecule has 2 aromatic carbocycles. The van der Waals surface area contributed by atoms with E-state index in [0.717, 1.165) is 5.56 Å². The summed E-state index contributed by atoms with van der Waals surface area (Å²) < 4.78 is 0. The molecule has 7 heteroatoms. The molecule has 0 spiro atoms. The van der Waals surface area contributed by atoms with E-state index < -0.39 is 11.2 Å². The molecule has 5 nitrogen and oxygen atoms in total. The highest BCUT2D eigenvalue weighted by Gasteiger charge is 2.39. The Morgan fingerprint density at radius 2 is 1.84 bits per heavy atom. The molecule has 1 heterocycles. The van der Waals surface area contributed by atoms with Crippen LogP contribution in [0.3, 0.4) is 0 Å². The zero-order valence-corrected chi connectivity index (χ0v) is 14.7. The second kappa shape index (κ2) is 7.72. The van der Waals surface area contributed by atoms with E-state index in [2.05, 4.69) is 4.99 Å². The molecule has 1 unspecified atom stereocenters. The van der Waals surface area contributed by atoms with Gasteiger partial charge in [0.05, 0.1) is 18.7 Å². The maximum Gasteiger partial charge on any atom is 0.305 e. The number of nitrogens with zero attached hydrogens (tertiary/aromatic N) is 2. The highest BCUT2D eigenvalue weighted by molar-refractivity contribution is 8.15. The third-order valence-corrected chi connectivity index (χ3v) is 5.04. The van der Waals surface area contributed by atoms with E-state index in [1.165, 1.54) is 11.8 Å². The third-order valence-electron chi connectivity index (χ3n) is 3.61. The van der Waals surface area contributed by atoms with E-state index in [4.69, 9.17) is 16.7 Å². The topological polar surface area (TPSA) is 70.0 Å². The van der Waals surface area contributed by atoms with E-state index >= 15 is 0 Å². The standard InChI is InChI=1S/C18H15ClN2O3S/c19-13-6-8-14(9-7-13)20-18-21(11-12-4-2-1-3-5-12)17(24)15(25-18)10-16(22)23/h1-9,15H,10-11H2,(H,22,23). The maximum atomic E-state index is 12.6. The SMILES string of the molecule is O=C(O)CC1SC(=Nc2ccc(Cl)cc2)N(Cc2ccccc2)C1=O. The molecular weight excluding hydrogens is 360 g/mol. The van der Waals surface area contributed by atoms with Crippen LogP contribution in [0.15, 0.2) is 59.6 Å². The van der Waals surface area contributed by atoms with Gasteiger partial charge in [0.15, 0.2) is 5.17 Å². The number of aliphatic carboxylic acids is 1. The minimum absolute atomic E-state index is 0.228. The fourth-order valence-electron chi connectivity index (χ4n) is 2.42. The lowest BCUT2D eigenvalue weighted by Crippen LogP contribution is -2.32. The molecule has 1 aliphatic rings. The minimum atomic E-state index is -1.00. The Labute approximate surface area is 154 Å². The van der Waals surface area contributed by atoms with Crippen LogP contribution in [0.4, 0.5) is 5.69 Å². The second-order valence-corrected chi connectivity index (χ2v) is 7.09. The summed E-state index contributed by atoms with van der Waals surface area (Å²) in [4.78, 5) is 29.7. The predicted molar refractivity (Wildman–Crippen MR) is 99.2 cm³/mol. The molecule has 128 valence electrons. The molecule has 1 saturated heterocycles. The average molecular weight is 375 g/mol. The molecule has 1 amide bonds. The van der Waals surface area contributed by atoms with E-state index in [9.17, 15) is 9.59 Å². The van der Waals surface area contributed by atoms with Gasteiger partial charge in [-0.1, -0.05) is 53.7 Å². The summed E-state index contributed by atoms with van der Waals surface area (Å²) in [6, 6.07) is 16.5. The lowest BCUT2D eigenvalue weighted by atomic mass is 10.2. The fourth-order valence-corrected chi connectivity index (χ4v) is 3.70. The molecule has 1 atom stereocenters. The number of hydrogen-bond donors (Lipinski definition) is 1. The molecule has 1 N–H and O–H groups in total. The Hall–Kier alpha value is -2.31. The number of thioether (sulfide) groups is 1. The molecule has 1 aliphatic heterocycles. The summed E-state index contributed by atoms with van der Waals surface area (Å²) in [5.74, 6) is -1.23. The highest BCUT2D eigenvalue weighted by atomic mass is 35.5. The molecule has 3 rings (SSSR count). The summed E-state index contributed by atoms with van der Waals surface area (Å²) in [6.45, 7) is 0.356. The van der Waals surface area contributed by atoms with E-state index in [-0.39, 0.29) is 12.3 Å². The first kappa shape index (κ1) is 17.5. The van der Waals surface area contributed by atoms with Gasteiger partial charge in [-0.3, -0.25) is 14.5 Å². The summed E-state index contributed by atoms with van der Waals surface area (Å²) in [7, 11) is 0. The Kier molecular flexibility index (Phi) is 5.40. The number of carboxylic acid groups (broad SMARTS) is 1. The van der Waals surface area contributed by atoms with Crippen molar-refractivity contribution in [3.63, 3.8) is 0 Å². The number of hydrogen-bond acceptors (Lipinski definition) is 4. The number of halogens is 1. The van der Waals surface area contributed by atoms with E-state index in [1.54, 1.807) is 29.2 Å². The zero-order chi connectivity index (χ0) is 17.8. The van der Waals surface area contributed by atoms with Crippen molar-refractivity contribution in [2.45, 2.75) is 18.2 Å². The molecule has 0 aromatic heterocycles. The van der Waals surface area contributed by atoms with Crippen LogP contribution < -0.4 is 0 Å². The summed E-state index contributed by atoms with van der Waals surface area (Å²) in [5, 5.41) is 9.48. The minimum Gasteiger partial charge on any atom is -0.481 e. The lowest BCUT2D eigenvalue weighted by Gasteiger charge is -2.16. The summed E-state index contributed by atoms with van der Waals surface area (Å²) in [6.07, 6.45) is -0.228. The zero-order valence-electron chi connectivity index (χ0n) is 13.1. The van der Waals surface area contributed by atoms with Crippen molar-refractivity contribution in [1.82, 2.24) is 4.90 Å². The van der Waals surface area contributed by atoms with Gasteiger partial charge in [-0.2, -0.15) is 0 Å². The second-order valence-electron chi connectivity index (χ2n) is 5.49. The molecule has 1 fully saturated rings. The van der Waals surface area contributed by atoms with Crippen molar-refractivity contribution in [2.24, 2.45) is 4.99 Å². The number of amides is 1. The Morgan fingerprint density at radius 3 is 2.48 bits per heavy atom. The number of rotatable bonds is 5. The van der Waals surface area contributed by atoms with Gasteiger partial charge in [0.2, 0.25) is 5.91 Å². The highest BCUT2D eigenvalue weighted by Crippen LogP contribution is 2.33. The first-order valence-electron chi connectivity index (χ1n) is 7.61. The Bertz CT molecular complexity index is 809. The number of aliphatic imine (C=N–C) groups is 1. The molecule has 2 aromatic rings. The van der Waals surface area contributed by atoms with Gasteiger partial charge in [-0.25, -0.2) is 4.99 Å². The quantitative estimate of drug-likeness (QED) is 0.860. The Balaban J connectivity index is 1.90. The van der Waals surface area contributed by atoms with Crippen molar-refractivity contribution in [1.29, 1.82) is 0 Å². The van der Waals surface area contributed by atoms with Crippen LogP contribution in [-0.2, 0) is 16.1 Å². The van der Waals surface area contributed by atoms with Gasteiger partial charge in [0, 0.05) is 5.02 Å². The van der Waals surface area contributed by atoms with E-state index in [0.29, 0.717) is 22.4 Å². The largest absolute Gasteiger partial charge is 0.481 e. The van der Waals surface area contributed by atoms with Crippen LogP contribution in [0.5, 0.6) is 0 Å². The first-order chi connectivity index (χ1) is 12.0. The molecule has 0 saturated carbocycles. The van der Waals surface area contributed by atoms with Crippen molar-refractivity contribution < 1.29 is 14.7 Å². The number of carbonyl (C=O) groups is 2. The molecule has 25 heavy (non-hydrogen) atoms. The van der Waals surface area contributed by atoms with Gasteiger partial charge < -0.3 is 5.11 Å². The van der Waals surface area contributed by atoms with Crippen LogP contribution >= 0.6 is 23.4 Å². The first-order valence-corrected chi connectivity index (χ1v) is 8.87. The third kappa shape index (κ3) is 4.41. The van der Waals surface area contributed by atoms with Crippen molar-refractivity contribution >= 4 is 46.1 Å². The van der Waals surface area contributed by atoms with Crippen LogP contribution in [0.1, 0.15) is 12.0 Å². The lowest BCUT2D eigenvalue weighted by molar-refractivity contribution is -0.139. The summed E-state index contributed by atoms with van der Waals surface area (Å²) in [5.41, 5.74) is 1.62. The van der Waals surface area contributed by atoms with Crippen LogP contribution in [0.25, 0.3) is 0 Å². The maximum absolute atomic E-state index is 12.6. The molecule has 0 radical (unpaired) electrons. The van der Waals surface area contributed by atoms with Gasteiger partial charge >= 0.3 is 5.97 Å². The van der Waals surface area contributed by atoms with Crippen molar-refractivity contribution in [3.05, 3.63) is 65.2 Å². The normalized spacial score (nSPS) is 18.8. The number of amidine groups is 1. The van der Waals surface area contributed by atoms with Crippen LogP contribution in [0, 0.1) is 0 Å². The number of carbonyl (C=O) groups excluding carboxylic acids is 1. The van der Waals surface area contributed by atoms with E-state index in [1.807, 2.05) is 30.3 Å². The number of carboxylic acids is 1. The van der Waals surface area contributed by atoms with Crippen LogP contribution in [-0.4, -0.2) is 32.3 Å². The average Bonchev–Trinajstić information content (AvgIpc) is 2.86. The van der Waals surface area contributed by atoms with Gasteiger partial charge in [0.1, 0.15) is 5.25 Å².